The molecule has 0 amide bonds. The van der Waals surface area contributed by atoms with Crippen molar-refractivity contribution in [1.82, 2.24) is 14.5 Å². The van der Waals surface area contributed by atoms with E-state index in [1.165, 1.54) is 0 Å². The van der Waals surface area contributed by atoms with Crippen LogP contribution in [0.15, 0.2) is 36.9 Å². The Labute approximate surface area is 165 Å². The molecule has 0 saturated carbocycles. The van der Waals surface area contributed by atoms with Gasteiger partial charge in [0.05, 0.1) is 53.3 Å². The Kier molecular flexibility index (Phi) is 4.90. The van der Waals surface area contributed by atoms with E-state index in [-0.39, 0.29) is 12.5 Å². The van der Waals surface area contributed by atoms with Crippen molar-refractivity contribution in [3.63, 3.8) is 0 Å². The normalized spacial score (nSPS) is 17.4. The molecule has 140 valence electrons. The maximum Gasteiger partial charge on any atom is 0.305 e. The third kappa shape index (κ3) is 3.45. The van der Waals surface area contributed by atoms with Crippen LogP contribution in [-0.4, -0.2) is 51.4 Å². The van der Waals surface area contributed by atoms with Crippen LogP contribution < -0.4 is 4.90 Å². The average Bonchev–Trinajstić information content (AvgIpc) is 3.19. The number of rotatable bonds is 4. The van der Waals surface area contributed by atoms with Crippen LogP contribution in [0.3, 0.4) is 0 Å². The van der Waals surface area contributed by atoms with Crippen molar-refractivity contribution in [2.75, 3.05) is 24.7 Å². The molecule has 0 radical (unpaired) electrons. The smallest absolute Gasteiger partial charge is 0.305 e. The predicted octanol–water partition coefficient (Wildman–Crippen LogP) is 3.41. The van der Waals surface area contributed by atoms with Gasteiger partial charge in [-0.3, -0.25) is 4.79 Å². The van der Waals surface area contributed by atoms with Crippen molar-refractivity contribution < 1.29 is 14.6 Å². The van der Waals surface area contributed by atoms with Crippen LogP contribution in [0, 0.1) is 0 Å². The highest BCUT2D eigenvalue weighted by Crippen LogP contribution is 2.35. The molecule has 9 heteroatoms. The van der Waals surface area contributed by atoms with Crippen molar-refractivity contribution in [2.45, 2.75) is 12.5 Å². The summed E-state index contributed by atoms with van der Waals surface area (Å²) in [6, 6.07) is 5.20. The standard InChI is InChI=1S/C18H16Cl2N4O3/c19-13-2-1-12-14(23-4-3-21-10-23)8-15(22-18(12)17(13)20)24-5-6-27-9-11(24)7-16(25)26/h1-4,8,10-11H,5-7,9H2,(H,25,26). The SMILES string of the molecule is O=C(O)CC1COCCN1c1cc(-n2ccnc2)c2ccc(Cl)c(Cl)c2n1. The maximum atomic E-state index is 11.3. The van der Waals surface area contributed by atoms with Gasteiger partial charge in [-0.15, -0.1) is 0 Å². The van der Waals surface area contributed by atoms with Gasteiger partial charge in [0.15, 0.2) is 0 Å². The molecule has 27 heavy (non-hydrogen) atoms. The first-order valence-corrected chi connectivity index (χ1v) is 9.13. The van der Waals surface area contributed by atoms with Crippen molar-refractivity contribution >= 4 is 45.9 Å². The van der Waals surface area contributed by atoms with E-state index in [4.69, 9.17) is 32.9 Å². The topological polar surface area (TPSA) is 80.5 Å². The van der Waals surface area contributed by atoms with Gasteiger partial charge in [-0.05, 0) is 12.1 Å². The van der Waals surface area contributed by atoms with Crippen molar-refractivity contribution in [3.8, 4) is 5.69 Å². The number of fused-ring (bicyclic) bond motifs is 1. The Morgan fingerprint density at radius 2 is 2.22 bits per heavy atom. The highest BCUT2D eigenvalue weighted by atomic mass is 35.5. The molecule has 4 rings (SSSR count). The zero-order chi connectivity index (χ0) is 19.0. The van der Waals surface area contributed by atoms with Gasteiger partial charge < -0.3 is 19.3 Å². The molecule has 0 spiro atoms. The number of aromatic nitrogens is 3. The quantitative estimate of drug-likeness (QED) is 0.714. The Balaban J connectivity index is 1.90. The van der Waals surface area contributed by atoms with Crippen molar-refractivity contribution in [3.05, 3.63) is 47.0 Å². The first-order chi connectivity index (χ1) is 13.0. The number of ether oxygens (including phenoxy) is 1. The summed E-state index contributed by atoms with van der Waals surface area (Å²) in [4.78, 5) is 22.0. The number of carboxylic acid groups (broad SMARTS) is 1. The number of hydrogen-bond acceptors (Lipinski definition) is 5. The van der Waals surface area contributed by atoms with E-state index in [1.807, 2.05) is 27.8 Å². The van der Waals surface area contributed by atoms with Crippen LogP contribution >= 0.6 is 23.2 Å². The highest BCUT2D eigenvalue weighted by Gasteiger charge is 2.27. The second-order valence-corrected chi connectivity index (χ2v) is 7.03. The summed E-state index contributed by atoms with van der Waals surface area (Å²) in [5, 5.41) is 10.8. The molecular formula is C18H16Cl2N4O3. The van der Waals surface area contributed by atoms with Gasteiger partial charge in [0.25, 0.3) is 0 Å². The molecule has 1 unspecified atom stereocenters. The van der Waals surface area contributed by atoms with Crippen LogP contribution in [0.4, 0.5) is 5.82 Å². The lowest BCUT2D eigenvalue weighted by molar-refractivity contribution is -0.138. The molecular weight excluding hydrogens is 391 g/mol. The highest BCUT2D eigenvalue weighted by molar-refractivity contribution is 6.45. The third-order valence-electron chi connectivity index (χ3n) is 4.55. The molecule has 3 aromatic rings. The molecule has 0 bridgehead atoms. The lowest BCUT2D eigenvalue weighted by atomic mass is 10.1. The van der Waals surface area contributed by atoms with Gasteiger partial charge in [-0.2, -0.15) is 0 Å². The maximum absolute atomic E-state index is 11.3. The fourth-order valence-electron chi connectivity index (χ4n) is 3.29. The summed E-state index contributed by atoms with van der Waals surface area (Å²) < 4.78 is 7.34. The van der Waals surface area contributed by atoms with Gasteiger partial charge in [0.1, 0.15) is 5.82 Å². The van der Waals surface area contributed by atoms with E-state index in [0.29, 0.717) is 41.1 Å². The molecule has 1 aliphatic rings. The number of anilines is 1. The molecule has 1 aliphatic heterocycles. The summed E-state index contributed by atoms with van der Waals surface area (Å²) in [6.45, 7) is 1.37. The van der Waals surface area contributed by atoms with E-state index >= 15 is 0 Å². The van der Waals surface area contributed by atoms with Gasteiger partial charge in [0, 0.05) is 30.4 Å². The van der Waals surface area contributed by atoms with Crippen LogP contribution in [0.1, 0.15) is 6.42 Å². The number of carboxylic acids is 1. The number of aliphatic carboxylic acids is 1. The first-order valence-electron chi connectivity index (χ1n) is 8.38. The zero-order valence-electron chi connectivity index (χ0n) is 14.2. The second-order valence-electron chi connectivity index (χ2n) is 6.25. The van der Waals surface area contributed by atoms with E-state index in [2.05, 4.69) is 4.98 Å². The number of nitrogens with zero attached hydrogens (tertiary/aromatic N) is 4. The van der Waals surface area contributed by atoms with Crippen LogP contribution in [-0.2, 0) is 9.53 Å². The van der Waals surface area contributed by atoms with E-state index in [0.717, 1.165) is 11.1 Å². The number of hydrogen-bond donors (Lipinski definition) is 1. The van der Waals surface area contributed by atoms with Gasteiger partial charge in [-0.1, -0.05) is 23.2 Å². The number of morpholine rings is 1. The molecule has 2 aromatic heterocycles. The summed E-state index contributed by atoms with van der Waals surface area (Å²) in [6.07, 6.45) is 5.17. The van der Waals surface area contributed by atoms with E-state index in [1.54, 1.807) is 18.6 Å². The number of imidazole rings is 1. The fraction of sp³-hybridized carbons (Fsp3) is 0.278. The number of benzene rings is 1. The number of pyridine rings is 1. The van der Waals surface area contributed by atoms with Crippen LogP contribution in [0.2, 0.25) is 10.0 Å². The average molecular weight is 407 g/mol. The molecule has 3 heterocycles. The Bertz CT molecular complexity index is 994. The summed E-state index contributed by atoms with van der Waals surface area (Å²) in [5.41, 5.74) is 1.40. The Morgan fingerprint density at radius 3 is 2.96 bits per heavy atom. The Morgan fingerprint density at radius 1 is 1.37 bits per heavy atom. The molecule has 1 fully saturated rings. The molecule has 1 N–H and O–H groups in total. The number of carbonyl (C=O) groups is 1. The minimum Gasteiger partial charge on any atom is -0.481 e. The predicted molar refractivity (Wildman–Crippen MR) is 103 cm³/mol. The molecule has 0 aliphatic carbocycles. The van der Waals surface area contributed by atoms with Gasteiger partial charge >= 0.3 is 5.97 Å². The largest absolute Gasteiger partial charge is 0.481 e. The molecule has 1 atom stereocenters. The minimum absolute atomic E-state index is 0.0383. The lowest BCUT2D eigenvalue weighted by Gasteiger charge is -2.36. The van der Waals surface area contributed by atoms with Crippen LogP contribution in [0.5, 0.6) is 0 Å². The Hall–Kier alpha value is -2.35. The van der Waals surface area contributed by atoms with Crippen molar-refractivity contribution in [1.29, 1.82) is 0 Å². The molecule has 1 aromatic carbocycles. The second kappa shape index (κ2) is 7.34. The fourth-order valence-corrected chi connectivity index (χ4v) is 3.65. The van der Waals surface area contributed by atoms with Crippen molar-refractivity contribution in [2.24, 2.45) is 0 Å². The summed E-state index contributed by atoms with van der Waals surface area (Å²) in [7, 11) is 0. The lowest BCUT2D eigenvalue weighted by Crippen LogP contribution is -2.47. The molecule has 1 saturated heterocycles. The first kappa shape index (κ1) is 18.0. The summed E-state index contributed by atoms with van der Waals surface area (Å²) >= 11 is 12.6. The minimum atomic E-state index is -0.882. The van der Waals surface area contributed by atoms with Crippen LogP contribution in [0.25, 0.3) is 16.6 Å². The molecule has 7 nitrogen and oxygen atoms in total. The van der Waals surface area contributed by atoms with Gasteiger partial charge in [-0.25, -0.2) is 9.97 Å². The van der Waals surface area contributed by atoms with Gasteiger partial charge in [0.2, 0.25) is 0 Å². The zero-order valence-corrected chi connectivity index (χ0v) is 15.7. The van der Waals surface area contributed by atoms with E-state index in [9.17, 15) is 9.90 Å². The summed E-state index contributed by atoms with van der Waals surface area (Å²) in [5.74, 6) is -0.253. The monoisotopic (exact) mass is 406 g/mol. The third-order valence-corrected chi connectivity index (χ3v) is 5.35. The number of halogens is 2. The van der Waals surface area contributed by atoms with E-state index < -0.39 is 5.97 Å².